The lowest BCUT2D eigenvalue weighted by Gasteiger charge is -2.19. The molecule has 0 unspecified atom stereocenters. The van der Waals surface area contributed by atoms with Crippen LogP contribution in [0.4, 0.5) is 0 Å². The molecule has 116 valence electrons. The zero-order valence-corrected chi connectivity index (χ0v) is 15.2. The van der Waals surface area contributed by atoms with E-state index < -0.39 is 0 Å². The second kappa shape index (κ2) is 6.98. The van der Waals surface area contributed by atoms with Gasteiger partial charge in [0, 0.05) is 4.88 Å². The van der Waals surface area contributed by atoms with Crippen LogP contribution in [-0.4, -0.2) is 6.61 Å². The molecule has 0 fully saturated rings. The molecule has 0 saturated carbocycles. The van der Waals surface area contributed by atoms with Gasteiger partial charge in [-0.2, -0.15) is 0 Å². The molecule has 1 aromatic rings. The number of unbranched alkanes of at least 4 members (excludes halogenated alkanes) is 3. The van der Waals surface area contributed by atoms with Crippen molar-refractivity contribution >= 4 is 11.3 Å². The summed E-state index contributed by atoms with van der Waals surface area (Å²) in [4.78, 5) is 2.81. The van der Waals surface area contributed by atoms with Gasteiger partial charge in [0.25, 0.3) is 0 Å². The summed E-state index contributed by atoms with van der Waals surface area (Å²) in [5.41, 5.74) is 0.363. The Bertz CT molecular complexity index is 404. The highest BCUT2D eigenvalue weighted by atomic mass is 32.1. The van der Waals surface area contributed by atoms with Gasteiger partial charge in [0.05, 0.1) is 11.5 Å². The van der Waals surface area contributed by atoms with Gasteiger partial charge in [0.2, 0.25) is 0 Å². The van der Waals surface area contributed by atoms with Crippen LogP contribution in [0.2, 0.25) is 0 Å². The van der Waals surface area contributed by atoms with Crippen molar-refractivity contribution in [1.29, 1.82) is 0 Å². The minimum atomic E-state index is 0.160. The van der Waals surface area contributed by atoms with Gasteiger partial charge in [0.15, 0.2) is 0 Å². The van der Waals surface area contributed by atoms with Gasteiger partial charge < -0.3 is 4.74 Å². The summed E-state index contributed by atoms with van der Waals surface area (Å²) in [6, 6.07) is 2.27. The van der Waals surface area contributed by atoms with E-state index in [0.717, 1.165) is 18.8 Å². The van der Waals surface area contributed by atoms with Crippen molar-refractivity contribution in [3.8, 4) is 5.75 Å². The quantitative estimate of drug-likeness (QED) is 0.559. The Morgan fingerprint density at radius 3 is 2.10 bits per heavy atom. The number of thiophene rings is 1. The highest BCUT2D eigenvalue weighted by molar-refractivity contribution is 7.12. The normalized spacial score (nSPS) is 12.8. The summed E-state index contributed by atoms with van der Waals surface area (Å²) in [6.45, 7) is 16.7. The third-order valence-corrected chi connectivity index (χ3v) is 5.34. The maximum absolute atomic E-state index is 6.10. The van der Waals surface area contributed by atoms with Crippen LogP contribution in [0, 0.1) is 0 Å². The van der Waals surface area contributed by atoms with Crippen LogP contribution in [0.15, 0.2) is 6.07 Å². The smallest absolute Gasteiger partial charge is 0.134 e. The summed E-state index contributed by atoms with van der Waals surface area (Å²) in [7, 11) is 0. The van der Waals surface area contributed by atoms with Crippen LogP contribution >= 0.6 is 11.3 Å². The van der Waals surface area contributed by atoms with E-state index in [2.05, 4.69) is 54.5 Å². The highest BCUT2D eigenvalue weighted by Gasteiger charge is 2.26. The molecule has 20 heavy (non-hydrogen) atoms. The molecule has 0 spiro atoms. The van der Waals surface area contributed by atoms with Crippen LogP contribution in [0.25, 0.3) is 0 Å². The first-order valence-electron chi connectivity index (χ1n) is 7.94. The third-order valence-electron chi connectivity index (χ3n) is 3.37. The van der Waals surface area contributed by atoms with E-state index in [4.69, 9.17) is 4.74 Å². The van der Waals surface area contributed by atoms with Crippen LogP contribution in [0.5, 0.6) is 5.75 Å². The van der Waals surface area contributed by atoms with Crippen molar-refractivity contribution in [3.05, 3.63) is 15.8 Å². The molecule has 0 amide bonds. The maximum atomic E-state index is 6.10. The number of hydrogen-bond acceptors (Lipinski definition) is 2. The predicted octanol–water partition coefficient (Wildman–Crippen LogP) is 6.30. The predicted molar refractivity (Wildman–Crippen MR) is 91.4 cm³/mol. The molecule has 0 atom stereocenters. The topological polar surface area (TPSA) is 9.23 Å². The van der Waals surface area contributed by atoms with Gasteiger partial charge in [-0.05, 0) is 23.3 Å². The molecule has 1 heterocycles. The standard InChI is InChI=1S/C18H32OS/c1-8-9-10-11-12-19-14-13-15(17(2,3)4)20-16(14)18(5,6)7/h13H,8-12H2,1-7H3. The molecule has 0 bridgehead atoms. The average Bonchev–Trinajstić information content (AvgIpc) is 2.72. The maximum Gasteiger partial charge on any atom is 0.134 e. The van der Waals surface area contributed by atoms with Crippen molar-refractivity contribution < 1.29 is 4.74 Å². The monoisotopic (exact) mass is 296 g/mol. The molecular weight excluding hydrogens is 264 g/mol. The van der Waals surface area contributed by atoms with Crippen molar-refractivity contribution in [2.24, 2.45) is 0 Å². The molecule has 0 aromatic carbocycles. The molecule has 1 rings (SSSR count). The van der Waals surface area contributed by atoms with Crippen LogP contribution < -0.4 is 4.74 Å². The Kier molecular flexibility index (Phi) is 6.12. The van der Waals surface area contributed by atoms with Crippen molar-refractivity contribution in [2.45, 2.75) is 85.0 Å². The summed E-state index contributed by atoms with van der Waals surface area (Å²) in [6.07, 6.45) is 5.03. The summed E-state index contributed by atoms with van der Waals surface area (Å²) in [5.74, 6) is 1.11. The van der Waals surface area contributed by atoms with E-state index in [1.165, 1.54) is 29.0 Å². The Hall–Kier alpha value is -0.500. The zero-order chi connectivity index (χ0) is 15.4. The first kappa shape index (κ1) is 17.6. The van der Waals surface area contributed by atoms with Gasteiger partial charge in [-0.25, -0.2) is 0 Å². The molecule has 0 aliphatic carbocycles. The number of rotatable bonds is 6. The molecule has 1 aromatic heterocycles. The van der Waals surface area contributed by atoms with E-state index in [1.807, 2.05) is 11.3 Å². The SMILES string of the molecule is CCCCCCOc1cc(C(C)(C)C)sc1C(C)(C)C. The Morgan fingerprint density at radius 1 is 0.950 bits per heavy atom. The first-order chi connectivity index (χ1) is 9.16. The van der Waals surface area contributed by atoms with E-state index >= 15 is 0 Å². The number of ether oxygens (including phenoxy) is 1. The van der Waals surface area contributed by atoms with Gasteiger partial charge in [-0.15, -0.1) is 11.3 Å². The Labute approximate surface area is 129 Å². The molecule has 0 aliphatic heterocycles. The Morgan fingerprint density at radius 2 is 1.60 bits per heavy atom. The molecule has 0 saturated heterocycles. The van der Waals surface area contributed by atoms with Gasteiger partial charge >= 0.3 is 0 Å². The van der Waals surface area contributed by atoms with Crippen LogP contribution in [0.3, 0.4) is 0 Å². The van der Waals surface area contributed by atoms with E-state index in [0.29, 0.717) is 0 Å². The molecule has 0 N–H and O–H groups in total. The zero-order valence-electron chi connectivity index (χ0n) is 14.4. The fourth-order valence-corrected chi connectivity index (χ4v) is 3.30. The van der Waals surface area contributed by atoms with Crippen molar-refractivity contribution in [3.63, 3.8) is 0 Å². The minimum Gasteiger partial charge on any atom is -0.492 e. The first-order valence-corrected chi connectivity index (χ1v) is 8.75. The Balaban J connectivity index is 2.80. The minimum absolute atomic E-state index is 0.160. The second-order valence-electron chi connectivity index (χ2n) is 7.71. The van der Waals surface area contributed by atoms with Gasteiger partial charge in [0.1, 0.15) is 5.75 Å². The largest absolute Gasteiger partial charge is 0.492 e. The summed E-state index contributed by atoms with van der Waals surface area (Å²) < 4.78 is 6.10. The van der Waals surface area contributed by atoms with Crippen LogP contribution in [0.1, 0.15) is 83.9 Å². The lowest BCUT2D eigenvalue weighted by atomic mass is 9.92. The average molecular weight is 297 g/mol. The lowest BCUT2D eigenvalue weighted by molar-refractivity contribution is 0.299. The molecule has 0 radical (unpaired) electrons. The summed E-state index contributed by atoms with van der Waals surface area (Å²) in [5, 5.41) is 0. The van der Waals surface area contributed by atoms with Crippen molar-refractivity contribution in [2.75, 3.05) is 6.61 Å². The third kappa shape index (κ3) is 5.12. The molecule has 1 nitrogen and oxygen atoms in total. The van der Waals surface area contributed by atoms with Gasteiger partial charge in [-0.3, -0.25) is 0 Å². The highest BCUT2D eigenvalue weighted by Crippen LogP contribution is 2.42. The number of hydrogen-bond donors (Lipinski definition) is 0. The van der Waals surface area contributed by atoms with E-state index in [-0.39, 0.29) is 10.8 Å². The second-order valence-corrected chi connectivity index (χ2v) is 8.77. The molecule has 2 heteroatoms. The van der Waals surface area contributed by atoms with Gasteiger partial charge in [-0.1, -0.05) is 67.7 Å². The van der Waals surface area contributed by atoms with Crippen LogP contribution in [-0.2, 0) is 10.8 Å². The fraction of sp³-hybridized carbons (Fsp3) is 0.778. The van der Waals surface area contributed by atoms with E-state index in [9.17, 15) is 0 Å². The molecule has 0 aliphatic rings. The van der Waals surface area contributed by atoms with E-state index in [1.54, 1.807) is 0 Å². The van der Waals surface area contributed by atoms with Crippen molar-refractivity contribution in [1.82, 2.24) is 0 Å². The fourth-order valence-electron chi connectivity index (χ4n) is 2.08. The lowest BCUT2D eigenvalue weighted by Crippen LogP contribution is -2.11. The molecular formula is C18H32OS. The summed E-state index contributed by atoms with van der Waals surface area (Å²) >= 11 is 1.92.